The Hall–Kier alpha value is -0.300. The molecule has 4 atom stereocenters. The average Bonchev–Trinajstić information content (AvgIpc) is 3.29. The number of carbonyl (C=O) groups excluding carboxylic acids is 1. The zero-order valence-electron chi connectivity index (χ0n) is 16.4. The van der Waals surface area contributed by atoms with E-state index in [2.05, 4.69) is 29.1 Å². The monoisotopic (exact) mass is 381 g/mol. The summed E-state index contributed by atoms with van der Waals surface area (Å²) in [6, 6.07) is 0.731. The lowest BCUT2D eigenvalue weighted by Crippen LogP contribution is -2.44. The molecule has 0 saturated carbocycles. The first-order valence-electron chi connectivity index (χ1n) is 10.6. The van der Waals surface area contributed by atoms with Gasteiger partial charge in [0.2, 0.25) is 5.91 Å². The maximum absolute atomic E-state index is 12.1. The van der Waals surface area contributed by atoms with Gasteiger partial charge in [-0.15, -0.1) is 0 Å². The highest BCUT2D eigenvalue weighted by Gasteiger charge is 2.63. The Balaban J connectivity index is 1.32. The molecule has 0 aromatic rings. The number of likely N-dealkylation sites (tertiary alicyclic amines) is 2. The number of thioether (sulfide) groups is 1. The molecule has 4 aliphatic heterocycles. The van der Waals surface area contributed by atoms with E-state index in [1.54, 1.807) is 11.8 Å². The fourth-order valence-electron chi connectivity index (χ4n) is 5.73. The van der Waals surface area contributed by atoms with Crippen LogP contribution < -0.4 is 5.32 Å². The predicted molar refractivity (Wildman–Crippen MR) is 107 cm³/mol. The number of hydrogen-bond acceptors (Lipinski definition) is 5. The highest BCUT2D eigenvalue weighted by Crippen LogP contribution is 2.55. The van der Waals surface area contributed by atoms with E-state index in [0.29, 0.717) is 23.7 Å². The highest BCUT2D eigenvalue weighted by atomic mass is 32.2. The Kier molecular flexibility index (Phi) is 5.84. The molecule has 0 radical (unpaired) electrons. The molecular weight excluding hydrogens is 346 g/mol. The maximum Gasteiger partial charge on any atom is 0.230 e. The minimum atomic E-state index is 0.0976. The zero-order valence-corrected chi connectivity index (χ0v) is 17.2. The normalized spacial score (nSPS) is 38.0. The predicted octanol–water partition coefficient (Wildman–Crippen LogP) is 1.82. The molecule has 1 N–H and O–H groups in total. The second kappa shape index (κ2) is 7.98. The van der Waals surface area contributed by atoms with Crippen molar-refractivity contribution in [3.63, 3.8) is 0 Å². The van der Waals surface area contributed by atoms with Crippen LogP contribution in [0.5, 0.6) is 0 Å². The number of nitrogens with zero attached hydrogens (tertiary/aromatic N) is 2. The standard InChI is InChI=1S/C20H35N3O2S/c1-3-10-26-13-19(24)21-11-16-17-12-23(15-5-8-22(2)9-6-15)14-20(17)7-4-18(16)25-20/h15-18H,3-14H2,1-2H3,(H,21,24)/t16-,17+,18+,20+/m0/s1. The smallest absolute Gasteiger partial charge is 0.230 e. The van der Waals surface area contributed by atoms with Gasteiger partial charge < -0.3 is 15.0 Å². The van der Waals surface area contributed by atoms with Gasteiger partial charge in [-0.25, -0.2) is 0 Å². The van der Waals surface area contributed by atoms with Crippen molar-refractivity contribution in [3.05, 3.63) is 0 Å². The van der Waals surface area contributed by atoms with Crippen LogP contribution in [0.4, 0.5) is 0 Å². The third-order valence-electron chi connectivity index (χ3n) is 7.13. The summed E-state index contributed by atoms with van der Waals surface area (Å²) in [5, 5.41) is 3.21. The third kappa shape index (κ3) is 3.67. The maximum atomic E-state index is 12.1. The molecule has 1 spiro atoms. The van der Waals surface area contributed by atoms with Gasteiger partial charge in [0.05, 0.1) is 17.5 Å². The summed E-state index contributed by atoms with van der Waals surface area (Å²) in [5.41, 5.74) is 0.0976. The van der Waals surface area contributed by atoms with Crippen LogP contribution in [0.2, 0.25) is 0 Å². The lowest BCUT2D eigenvalue weighted by atomic mass is 9.73. The zero-order chi connectivity index (χ0) is 18.1. The highest BCUT2D eigenvalue weighted by molar-refractivity contribution is 7.99. The number of nitrogens with one attached hydrogen (secondary N) is 1. The number of rotatable bonds is 7. The Morgan fingerprint density at radius 1 is 1.31 bits per heavy atom. The number of hydrogen-bond donors (Lipinski definition) is 1. The Bertz CT molecular complexity index is 511. The summed E-state index contributed by atoms with van der Waals surface area (Å²) in [7, 11) is 2.23. The number of ether oxygens (including phenoxy) is 1. The van der Waals surface area contributed by atoms with Gasteiger partial charge in [0.1, 0.15) is 0 Å². The van der Waals surface area contributed by atoms with Gasteiger partial charge in [-0.05, 0) is 58.0 Å². The molecule has 148 valence electrons. The van der Waals surface area contributed by atoms with Crippen molar-refractivity contribution < 1.29 is 9.53 Å². The molecule has 0 aromatic carbocycles. The summed E-state index contributed by atoms with van der Waals surface area (Å²) < 4.78 is 6.56. The van der Waals surface area contributed by atoms with Crippen LogP contribution in [0.1, 0.15) is 39.0 Å². The van der Waals surface area contributed by atoms with Crippen molar-refractivity contribution in [1.29, 1.82) is 0 Å². The molecule has 4 saturated heterocycles. The van der Waals surface area contributed by atoms with Gasteiger partial charge in [0.25, 0.3) is 0 Å². The number of amides is 1. The summed E-state index contributed by atoms with van der Waals surface area (Å²) in [6.45, 7) is 7.71. The minimum Gasteiger partial charge on any atom is -0.370 e. The summed E-state index contributed by atoms with van der Waals surface area (Å²) in [5.74, 6) is 3.00. The molecule has 5 nitrogen and oxygen atoms in total. The Morgan fingerprint density at radius 3 is 2.88 bits per heavy atom. The van der Waals surface area contributed by atoms with Crippen molar-refractivity contribution in [3.8, 4) is 0 Å². The van der Waals surface area contributed by atoms with Crippen molar-refractivity contribution >= 4 is 17.7 Å². The van der Waals surface area contributed by atoms with Crippen LogP contribution in [0.25, 0.3) is 0 Å². The van der Waals surface area contributed by atoms with Gasteiger partial charge in [0.15, 0.2) is 0 Å². The van der Waals surface area contributed by atoms with Crippen LogP contribution >= 0.6 is 11.8 Å². The van der Waals surface area contributed by atoms with E-state index in [1.165, 1.54) is 45.3 Å². The van der Waals surface area contributed by atoms with Gasteiger partial charge >= 0.3 is 0 Å². The lowest BCUT2D eigenvalue weighted by molar-refractivity contribution is -0.118. The van der Waals surface area contributed by atoms with Crippen molar-refractivity contribution in [2.45, 2.75) is 56.8 Å². The second-order valence-corrected chi connectivity index (χ2v) is 9.96. The van der Waals surface area contributed by atoms with Gasteiger partial charge in [0, 0.05) is 37.5 Å². The molecular formula is C20H35N3O2S. The molecule has 0 aromatic heterocycles. The SMILES string of the molecule is CCCSCC(=O)NC[C@H]1[C@H]2CN(C3CCN(C)CC3)C[C@]23CC[C@H]1O3. The number of fused-ring (bicyclic) bond motifs is 1. The molecule has 26 heavy (non-hydrogen) atoms. The molecule has 2 bridgehead atoms. The topological polar surface area (TPSA) is 44.8 Å². The summed E-state index contributed by atoms with van der Waals surface area (Å²) in [4.78, 5) is 17.3. The molecule has 0 unspecified atom stereocenters. The lowest BCUT2D eigenvalue weighted by Gasteiger charge is -2.36. The van der Waals surface area contributed by atoms with Gasteiger partial charge in [-0.1, -0.05) is 6.92 Å². The first kappa shape index (κ1) is 19.0. The molecule has 4 aliphatic rings. The summed E-state index contributed by atoms with van der Waals surface area (Å²) >= 11 is 1.74. The largest absolute Gasteiger partial charge is 0.370 e. The van der Waals surface area contributed by atoms with Gasteiger partial charge in [-0.2, -0.15) is 11.8 Å². The number of carbonyl (C=O) groups is 1. The van der Waals surface area contributed by atoms with Crippen LogP contribution in [0, 0.1) is 11.8 Å². The average molecular weight is 382 g/mol. The summed E-state index contributed by atoms with van der Waals surface area (Å²) in [6.07, 6.45) is 6.50. The van der Waals surface area contributed by atoms with E-state index in [-0.39, 0.29) is 11.5 Å². The molecule has 1 amide bonds. The first-order valence-corrected chi connectivity index (χ1v) is 11.7. The molecule has 4 heterocycles. The quantitative estimate of drug-likeness (QED) is 0.682. The van der Waals surface area contributed by atoms with Crippen LogP contribution in [0.15, 0.2) is 0 Å². The Labute approximate surface area is 162 Å². The number of piperidine rings is 1. The van der Waals surface area contributed by atoms with E-state index in [1.807, 2.05) is 0 Å². The molecule has 4 fully saturated rings. The fourth-order valence-corrected chi connectivity index (χ4v) is 6.45. The van der Waals surface area contributed by atoms with Crippen LogP contribution in [0.3, 0.4) is 0 Å². The second-order valence-electron chi connectivity index (χ2n) is 8.85. The van der Waals surface area contributed by atoms with Gasteiger partial charge in [-0.3, -0.25) is 9.69 Å². The molecule has 4 rings (SSSR count). The molecule has 0 aliphatic carbocycles. The van der Waals surface area contributed by atoms with E-state index >= 15 is 0 Å². The van der Waals surface area contributed by atoms with E-state index < -0.39 is 0 Å². The minimum absolute atomic E-state index is 0.0976. The van der Waals surface area contributed by atoms with Crippen molar-refractivity contribution in [2.75, 3.05) is 51.3 Å². The first-order chi connectivity index (χ1) is 12.6. The van der Waals surface area contributed by atoms with Crippen molar-refractivity contribution in [1.82, 2.24) is 15.1 Å². The Morgan fingerprint density at radius 2 is 2.12 bits per heavy atom. The molecule has 6 heteroatoms. The fraction of sp³-hybridized carbons (Fsp3) is 0.950. The van der Waals surface area contributed by atoms with Crippen LogP contribution in [-0.4, -0.2) is 84.7 Å². The van der Waals surface area contributed by atoms with E-state index in [4.69, 9.17) is 4.74 Å². The van der Waals surface area contributed by atoms with Crippen molar-refractivity contribution in [2.24, 2.45) is 11.8 Å². The van der Waals surface area contributed by atoms with Crippen LogP contribution in [-0.2, 0) is 9.53 Å². The third-order valence-corrected chi connectivity index (χ3v) is 8.29. The van der Waals surface area contributed by atoms with E-state index in [9.17, 15) is 4.79 Å². The van der Waals surface area contributed by atoms with E-state index in [0.717, 1.165) is 31.3 Å².